The summed E-state index contributed by atoms with van der Waals surface area (Å²) in [7, 11) is 0. The van der Waals surface area contributed by atoms with Crippen LogP contribution in [0.25, 0.3) is 11.4 Å². The van der Waals surface area contributed by atoms with Crippen molar-refractivity contribution in [2.45, 2.75) is 32.9 Å². The van der Waals surface area contributed by atoms with Gasteiger partial charge in [-0.1, -0.05) is 5.16 Å². The number of halogens is 1. The maximum Gasteiger partial charge on any atom is 0.249 e. The quantitative estimate of drug-likeness (QED) is 0.887. The van der Waals surface area contributed by atoms with Crippen molar-refractivity contribution in [2.75, 3.05) is 6.61 Å². The minimum absolute atomic E-state index is 0.254. The minimum atomic E-state index is -0.549. The zero-order valence-electron chi connectivity index (χ0n) is 12.7. The third-order valence-corrected chi connectivity index (χ3v) is 3.06. The maximum atomic E-state index is 12.9. The molecule has 0 unspecified atom stereocenters. The predicted octanol–water partition coefficient (Wildman–Crippen LogP) is 2.48. The van der Waals surface area contributed by atoms with E-state index >= 15 is 0 Å². The third kappa shape index (κ3) is 3.88. The molecular formula is C15H18FN3O3. The summed E-state index contributed by atoms with van der Waals surface area (Å²) < 4.78 is 23.2. The Morgan fingerprint density at radius 3 is 2.68 bits per heavy atom. The molecule has 6 nitrogen and oxygen atoms in total. The summed E-state index contributed by atoms with van der Waals surface area (Å²) in [6.45, 7) is 5.68. The van der Waals surface area contributed by atoms with Gasteiger partial charge in [-0.05, 0) is 45.0 Å². The molecule has 0 fully saturated rings. The Kier molecular flexibility index (Phi) is 5.21. The first-order chi connectivity index (χ1) is 10.5. The largest absolute Gasteiger partial charge is 0.369 e. The number of rotatable bonds is 6. The molecule has 0 saturated carbocycles. The zero-order valence-corrected chi connectivity index (χ0v) is 12.7. The highest BCUT2D eigenvalue weighted by Crippen LogP contribution is 2.19. The van der Waals surface area contributed by atoms with Crippen LogP contribution in [0, 0.1) is 5.82 Å². The van der Waals surface area contributed by atoms with Gasteiger partial charge in [0.1, 0.15) is 18.0 Å². The SMILES string of the molecule is CCO[C@@H](C)C(=O)N[C@@H](C)c1nc(-c2ccc(F)cc2)no1. The van der Waals surface area contributed by atoms with Crippen LogP contribution in [-0.4, -0.2) is 28.8 Å². The van der Waals surface area contributed by atoms with Crippen LogP contribution >= 0.6 is 0 Å². The van der Waals surface area contributed by atoms with E-state index in [9.17, 15) is 9.18 Å². The number of nitrogens with zero attached hydrogens (tertiary/aromatic N) is 2. The highest BCUT2D eigenvalue weighted by atomic mass is 19.1. The molecule has 1 heterocycles. The molecule has 22 heavy (non-hydrogen) atoms. The van der Waals surface area contributed by atoms with E-state index in [1.165, 1.54) is 12.1 Å². The molecule has 1 amide bonds. The first-order valence-electron chi connectivity index (χ1n) is 7.02. The van der Waals surface area contributed by atoms with Gasteiger partial charge < -0.3 is 14.6 Å². The van der Waals surface area contributed by atoms with Crippen molar-refractivity contribution < 1.29 is 18.4 Å². The van der Waals surface area contributed by atoms with Gasteiger partial charge in [0, 0.05) is 12.2 Å². The molecule has 0 aliphatic rings. The molecule has 0 bridgehead atoms. The van der Waals surface area contributed by atoms with Gasteiger partial charge in [-0.25, -0.2) is 4.39 Å². The van der Waals surface area contributed by atoms with Crippen molar-refractivity contribution in [3.8, 4) is 11.4 Å². The van der Waals surface area contributed by atoms with Gasteiger partial charge in [-0.15, -0.1) is 0 Å². The van der Waals surface area contributed by atoms with Gasteiger partial charge in [-0.3, -0.25) is 4.79 Å². The second-order valence-electron chi connectivity index (χ2n) is 4.79. The Bertz CT molecular complexity index is 627. The number of amides is 1. The summed E-state index contributed by atoms with van der Waals surface area (Å²) in [5.41, 5.74) is 0.637. The second-order valence-corrected chi connectivity index (χ2v) is 4.79. The van der Waals surface area contributed by atoms with Crippen LogP contribution in [0.5, 0.6) is 0 Å². The fourth-order valence-electron chi connectivity index (χ4n) is 1.85. The summed E-state index contributed by atoms with van der Waals surface area (Å²) in [4.78, 5) is 16.1. The van der Waals surface area contributed by atoms with Gasteiger partial charge >= 0.3 is 0 Å². The van der Waals surface area contributed by atoms with Crippen molar-refractivity contribution in [2.24, 2.45) is 0 Å². The number of aromatic nitrogens is 2. The Morgan fingerprint density at radius 1 is 1.36 bits per heavy atom. The molecule has 1 aromatic heterocycles. The van der Waals surface area contributed by atoms with E-state index in [-0.39, 0.29) is 17.6 Å². The van der Waals surface area contributed by atoms with E-state index in [2.05, 4.69) is 15.5 Å². The van der Waals surface area contributed by atoms with Crippen molar-refractivity contribution in [1.29, 1.82) is 0 Å². The average Bonchev–Trinajstić information content (AvgIpc) is 2.98. The molecule has 1 N–H and O–H groups in total. The van der Waals surface area contributed by atoms with Gasteiger partial charge in [0.2, 0.25) is 17.6 Å². The molecular weight excluding hydrogens is 289 g/mol. The number of carbonyl (C=O) groups is 1. The van der Waals surface area contributed by atoms with Gasteiger partial charge in [0.05, 0.1) is 0 Å². The molecule has 118 valence electrons. The fourth-order valence-corrected chi connectivity index (χ4v) is 1.85. The smallest absolute Gasteiger partial charge is 0.249 e. The summed E-state index contributed by atoms with van der Waals surface area (Å²) in [5, 5.41) is 6.57. The van der Waals surface area contributed by atoms with E-state index < -0.39 is 12.1 Å². The van der Waals surface area contributed by atoms with E-state index in [1.807, 2.05) is 6.92 Å². The predicted molar refractivity (Wildman–Crippen MR) is 77.3 cm³/mol. The number of hydrogen-bond donors (Lipinski definition) is 1. The molecule has 7 heteroatoms. The average molecular weight is 307 g/mol. The fraction of sp³-hybridized carbons (Fsp3) is 0.400. The van der Waals surface area contributed by atoms with Crippen molar-refractivity contribution in [3.05, 3.63) is 36.0 Å². The van der Waals surface area contributed by atoms with Crippen LogP contribution in [-0.2, 0) is 9.53 Å². The monoisotopic (exact) mass is 307 g/mol. The molecule has 2 rings (SSSR count). The third-order valence-electron chi connectivity index (χ3n) is 3.06. The highest BCUT2D eigenvalue weighted by Gasteiger charge is 2.20. The van der Waals surface area contributed by atoms with Crippen LogP contribution in [0.15, 0.2) is 28.8 Å². The first kappa shape index (κ1) is 16.1. The lowest BCUT2D eigenvalue weighted by atomic mass is 10.2. The minimum Gasteiger partial charge on any atom is -0.369 e. The number of hydrogen-bond acceptors (Lipinski definition) is 5. The van der Waals surface area contributed by atoms with Crippen molar-refractivity contribution in [1.82, 2.24) is 15.5 Å². The number of nitrogens with one attached hydrogen (secondary N) is 1. The normalized spacial score (nSPS) is 13.6. The van der Waals surface area contributed by atoms with Crippen molar-refractivity contribution in [3.63, 3.8) is 0 Å². The van der Waals surface area contributed by atoms with Crippen LogP contribution in [0.2, 0.25) is 0 Å². The molecule has 0 aliphatic carbocycles. The molecule has 2 atom stereocenters. The Balaban J connectivity index is 2.04. The topological polar surface area (TPSA) is 77.2 Å². The van der Waals surface area contributed by atoms with E-state index in [0.29, 0.717) is 18.0 Å². The summed E-state index contributed by atoms with van der Waals surface area (Å²) in [6, 6.07) is 5.31. The van der Waals surface area contributed by atoms with Crippen molar-refractivity contribution >= 4 is 5.91 Å². The number of ether oxygens (including phenoxy) is 1. The maximum absolute atomic E-state index is 12.9. The Labute approximate surface area is 127 Å². The van der Waals surface area contributed by atoms with Gasteiger partial charge in [-0.2, -0.15) is 4.98 Å². The lowest BCUT2D eigenvalue weighted by molar-refractivity contribution is -0.132. The zero-order chi connectivity index (χ0) is 16.1. The molecule has 1 aromatic carbocycles. The molecule has 0 saturated heterocycles. The number of benzene rings is 1. The standard InChI is InChI=1S/C15H18FN3O3/c1-4-21-10(3)14(20)17-9(2)15-18-13(19-22-15)11-5-7-12(16)8-6-11/h5-10H,4H2,1-3H3,(H,17,20)/t9-,10-/m0/s1. The first-order valence-corrected chi connectivity index (χ1v) is 7.02. The van der Waals surface area contributed by atoms with Crippen LogP contribution in [0.1, 0.15) is 32.7 Å². The van der Waals surface area contributed by atoms with E-state index in [4.69, 9.17) is 9.26 Å². The summed E-state index contributed by atoms with van der Waals surface area (Å²) >= 11 is 0. The molecule has 0 spiro atoms. The molecule has 2 aromatic rings. The lowest BCUT2D eigenvalue weighted by Gasteiger charge is -2.14. The number of carbonyl (C=O) groups excluding carboxylic acids is 1. The summed E-state index contributed by atoms with van der Waals surface area (Å²) in [6.07, 6.45) is -0.549. The Morgan fingerprint density at radius 2 is 2.05 bits per heavy atom. The van der Waals surface area contributed by atoms with Gasteiger partial charge in [0.25, 0.3) is 0 Å². The molecule has 0 aliphatic heterocycles. The summed E-state index contributed by atoms with van der Waals surface area (Å²) in [5.74, 6) is 0.0271. The Hall–Kier alpha value is -2.28. The van der Waals surface area contributed by atoms with Gasteiger partial charge in [0.15, 0.2) is 0 Å². The second kappa shape index (κ2) is 7.13. The van der Waals surface area contributed by atoms with Crippen LogP contribution < -0.4 is 5.32 Å². The van der Waals surface area contributed by atoms with Crippen LogP contribution in [0.4, 0.5) is 4.39 Å². The molecule has 0 radical (unpaired) electrons. The highest BCUT2D eigenvalue weighted by molar-refractivity contribution is 5.80. The lowest BCUT2D eigenvalue weighted by Crippen LogP contribution is -2.36. The van der Waals surface area contributed by atoms with E-state index in [1.54, 1.807) is 26.0 Å². The van der Waals surface area contributed by atoms with E-state index in [0.717, 1.165) is 0 Å². The van der Waals surface area contributed by atoms with Crippen LogP contribution in [0.3, 0.4) is 0 Å².